The zero-order chi connectivity index (χ0) is 21.1. The average Bonchev–Trinajstić information content (AvgIpc) is 3.24. The Morgan fingerprint density at radius 1 is 1.21 bits per heavy atom. The van der Waals surface area contributed by atoms with Crippen molar-refractivity contribution in [2.24, 2.45) is 0 Å². The fourth-order valence-electron chi connectivity index (χ4n) is 2.76. The molecule has 158 valence electrons. The molecule has 0 unspecified atom stereocenters. The summed E-state index contributed by atoms with van der Waals surface area (Å²) in [6, 6.07) is 9.53. The third-order valence-electron chi connectivity index (χ3n) is 4.24. The number of thiocarbonyl (C=S) groups is 1. The lowest BCUT2D eigenvalue weighted by Gasteiger charge is -2.24. The molecule has 2 rings (SSSR count). The zero-order valence-corrected chi connectivity index (χ0v) is 17.9. The van der Waals surface area contributed by atoms with Crippen LogP contribution in [0, 0.1) is 0 Å². The number of ether oxygens (including phenoxy) is 3. The van der Waals surface area contributed by atoms with Gasteiger partial charge in [-0.2, -0.15) is 0 Å². The normalized spacial score (nSPS) is 10.3. The number of benzene rings is 1. The van der Waals surface area contributed by atoms with Gasteiger partial charge < -0.3 is 28.8 Å². The summed E-state index contributed by atoms with van der Waals surface area (Å²) in [5, 5.41) is 3.82. The first-order chi connectivity index (χ1) is 14.1. The molecule has 1 heterocycles. The Morgan fingerprint density at radius 2 is 2.00 bits per heavy atom. The number of methoxy groups -OCH3 is 2. The predicted molar refractivity (Wildman–Crippen MR) is 114 cm³/mol. The van der Waals surface area contributed by atoms with Crippen LogP contribution in [0.2, 0.25) is 0 Å². The lowest BCUT2D eigenvalue weighted by atomic mass is 10.1. The van der Waals surface area contributed by atoms with E-state index in [4.69, 9.17) is 30.8 Å². The van der Waals surface area contributed by atoms with Crippen molar-refractivity contribution in [1.29, 1.82) is 0 Å². The van der Waals surface area contributed by atoms with Crippen LogP contribution in [0.1, 0.15) is 24.7 Å². The number of carbonyl (C=O) groups is 1. The summed E-state index contributed by atoms with van der Waals surface area (Å²) in [5.74, 6) is 1.92. The Bertz CT molecular complexity index is 779. The quantitative estimate of drug-likeness (QED) is 0.439. The summed E-state index contributed by atoms with van der Waals surface area (Å²) < 4.78 is 21.0. The van der Waals surface area contributed by atoms with Gasteiger partial charge in [0, 0.05) is 13.1 Å². The molecular weight excluding hydrogens is 392 g/mol. The van der Waals surface area contributed by atoms with Crippen molar-refractivity contribution < 1.29 is 23.4 Å². The molecule has 1 N–H and O–H groups in total. The van der Waals surface area contributed by atoms with Crippen molar-refractivity contribution >= 4 is 23.3 Å². The lowest BCUT2D eigenvalue weighted by molar-refractivity contribution is -0.143. The van der Waals surface area contributed by atoms with E-state index in [1.165, 1.54) is 0 Å². The van der Waals surface area contributed by atoms with Crippen LogP contribution in [0.15, 0.2) is 41.0 Å². The highest BCUT2D eigenvalue weighted by atomic mass is 32.1. The molecule has 2 aromatic rings. The van der Waals surface area contributed by atoms with Crippen LogP contribution in [0.5, 0.6) is 11.5 Å². The minimum atomic E-state index is -0.245. The fourth-order valence-corrected chi connectivity index (χ4v) is 3.02. The number of hydrogen-bond acceptors (Lipinski definition) is 6. The highest BCUT2D eigenvalue weighted by molar-refractivity contribution is 7.80. The molecule has 29 heavy (non-hydrogen) atoms. The molecule has 0 saturated heterocycles. The minimum absolute atomic E-state index is 0.245. The van der Waals surface area contributed by atoms with Crippen molar-refractivity contribution in [2.45, 2.75) is 26.3 Å². The van der Waals surface area contributed by atoms with E-state index in [0.29, 0.717) is 42.9 Å². The first kappa shape index (κ1) is 22.5. The summed E-state index contributed by atoms with van der Waals surface area (Å²) >= 11 is 5.55. The van der Waals surface area contributed by atoms with E-state index >= 15 is 0 Å². The topological polar surface area (TPSA) is 73.2 Å². The maximum atomic E-state index is 11.7. The van der Waals surface area contributed by atoms with Gasteiger partial charge in [-0.1, -0.05) is 6.07 Å². The van der Waals surface area contributed by atoms with Crippen LogP contribution in [-0.4, -0.2) is 49.9 Å². The maximum Gasteiger partial charge on any atom is 0.307 e. The molecule has 0 aliphatic carbocycles. The first-order valence-electron chi connectivity index (χ1n) is 9.49. The molecule has 0 atom stereocenters. The van der Waals surface area contributed by atoms with Crippen molar-refractivity contribution in [2.75, 3.05) is 33.9 Å². The molecule has 0 aliphatic rings. The summed E-state index contributed by atoms with van der Waals surface area (Å²) in [6.07, 6.45) is 2.63. The molecule has 7 nitrogen and oxygen atoms in total. The van der Waals surface area contributed by atoms with E-state index in [-0.39, 0.29) is 12.4 Å². The van der Waals surface area contributed by atoms with Crippen LogP contribution in [-0.2, 0) is 22.5 Å². The number of hydrogen-bond donors (Lipinski definition) is 1. The minimum Gasteiger partial charge on any atom is -0.493 e. The SMILES string of the molecule is CCOC(=O)CCN(Cc1ccco1)C(=S)NCCc1ccc(OC)c(OC)c1. The highest BCUT2D eigenvalue weighted by Gasteiger charge is 2.14. The van der Waals surface area contributed by atoms with Gasteiger partial charge >= 0.3 is 5.97 Å². The number of furan rings is 1. The second kappa shape index (κ2) is 12.0. The molecule has 0 bridgehead atoms. The van der Waals surface area contributed by atoms with E-state index in [1.54, 1.807) is 27.4 Å². The molecule has 0 spiro atoms. The van der Waals surface area contributed by atoms with Gasteiger partial charge in [0.1, 0.15) is 5.76 Å². The standard InChI is InChI=1S/C21H28N2O5S/c1-4-27-20(24)10-12-23(15-17-6-5-13-28-17)21(29)22-11-9-16-7-8-18(25-2)19(14-16)26-3/h5-8,13-14H,4,9-12,15H2,1-3H3,(H,22,29). The van der Waals surface area contributed by atoms with Crippen LogP contribution in [0.4, 0.5) is 0 Å². The van der Waals surface area contributed by atoms with E-state index in [1.807, 2.05) is 35.2 Å². The predicted octanol–water partition coefficient (Wildman–Crippen LogP) is 3.17. The van der Waals surface area contributed by atoms with Crippen LogP contribution >= 0.6 is 12.2 Å². The second-order valence-electron chi connectivity index (χ2n) is 6.23. The molecule has 0 amide bonds. The third kappa shape index (κ3) is 7.30. The van der Waals surface area contributed by atoms with E-state index < -0.39 is 0 Å². The Balaban J connectivity index is 1.91. The largest absolute Gasteiger partial charge is 0.493 e. The summed E-state index contributed by atoms with van der Waals surface area (Å²) in [5.41, 5.74) is 1.10. The third-order valence-corrected chi connectivity index (χ3v) is 4.65. The van der Waals surface area contributed by atoms with Crippen molar-refractivity contribution in [3.63, 3.8) is 0 Å². The Labute approximate surface area is 176 Å². The van der Waals surface area contributed by atoms with Crippen molar-refractivity contribution in [3.8, 4) is 11.5 Å². The average molecular weight is 421 g/mol. The summed E-state index contributed by atoms with van der Waals surface area (Å²) in [4.78, 5) is 13.6. The Hall–Kier alpha value is -2.74. The van der Waals surface area contributed by atoms with Gasteiger partial charge in [-0.25, -0.2) is 0 Å². The number of nitrogens with one attached hydrogen (secondary N) is 1. The molecule has 8 heteroatoms. The molecular formula is C21H28N2O5S. The Kier molecular flexibility index (Phi) is 9.30. The molecule has 0 aliphatic heterocycles. The summed E-state index contributed by atoms with van der Waals surface area (Å²) in [6.45, 7) is 3.72. The van der Waals surface area contributed by atoms with Crippen LogP contribution < -0.4 is 14.8 Å². The van der Waals surface area contributed by atoms with E-state index in [0.717, 1.165) is 17.7 Å². The molecule has 0 saturated carbocycles. The van der Waals surface area contributed by atoms with Gasteiger partial charge in [0.2, 0.25) is 0 Å². The maximum absolute atomic E-state index is 11.7. The number of nitrogens with zero attached hydrogens (tertiary/aromatic N) is 1. The van der Waals surface area contributed by atoms with Gasteiger partial charge in [-0.15, -0.1) is 0 Å². The molecule has 1 aromatic heterocycles. The van der Waals surface area contributed by atoms with Crippen molar-refractivity contribution in [1.82, 2.24) is 10.2 Å². The number of carbonyl (C=O) groups excluding carboxylic acids is 1. The lowest BCUT2D eigenvalue weighted by Crippen LogP contribution is -2.41. The Morgan fingerprint density at radius 3 is 2.66 bits per heavy atom. The second-order valence-corrected chi connectivity index (χ2v) is 6.61. The summed E-state index contributed by atoms with van der Waals surface area (Å²) in [7, 11) is 3.23. The van der Waals surface area contributed by atoms with Gasteiger partial charge in [-0.05, 0) is 55.4 Å². The van der Waals surface area contributed by atoms with E-state index in [2.05, 4.69) is 5.32 Å². The first-order valence-corrected chi connectivity index (χ1v) is 9.89. The molecule has 0 fully saturated rings. The van der Waals surface area contributed by atoms with Crippen LogP contribution in [0.3, 0.4) is 0 Å². The van der Waals surface area contributed by atoms with Crippen molar-refractivity contribution in [3.05, 3.63) is 47.9 Å². The number of rotatable bonds is 11. The van der Waals surface area contributed by atoms with E-state index in [9.17, 15) is 4.79 Å². The van der Waals surface area contributed by atoms with Gasteiger partial charge in [0.25, 0.3) is 0 Å². The zero-order valence-electron chi connectivity index (χ0n) is 17.1. The van der Waals surface area contributed by atoms with Gasteiger partial charge in [0.05, 0.1) is 40.1 Å². The van der Waals surface area contributed by atoms with Gasteiger partial charge in [0.15, 0.2) is 16.6 Å². The molecule has 0 radical (unpaired) electrons. The number of esters is 1. The monoisotopic (exact) mass is 420 g/mol. The fraction of sp³-hybridized carbons (Fsp3) is 0.429. The van der Waals surface area contributed by atoms with Crippen LogP contribution in [0.25, 0.3) is 0 Å². The van der Waals surface area contributed by atoms with Gasteiger partial charge in [-0.3, -0.25) is 4.79 Å². The highest BCUT2D eigenvalue weighted by Crippen LogP contribution is 2.27. The molecule has 1 aromatic carbocycles. The smallest absolute Gasteiger partial charge is 0.307 e.